The van der Waals surface area contributed by atoms with Crippen molar-refractivity contribution >= 4 is 5.91 Å². The third-order valence-corrected chi connectivity index (χ3v) is 5.98. The first-order chi connectivity index (χ1) is 16.2. The number of nitrogens with zero attached hydrogens (tertiary/aromatic N) is 4. The maximum Gasteiger partial charge on any atom is 0.274 e. The van der Waals surface area contributed by atoms with Gasteiger partial charge in [0.2, 0.25) is 0 Å². The van der Waals surface area contributed by atoms with Crippen LogP contribution in [0.3, 0.4) is 0 Å². The van der Waals surface area contributed by atoms with Gasteiger partial charge in [-0.1, -0.05) is 42.5 Å². The van der Waals surface area contributed by atoms with Crippen molar-refractivity contribution in [3.8, 4) is 22.5 Å². The molecule has 8 heteroatoms. The van der Waals surface area contributed by atoms with Gasteiger partial charge in [-0.15, -0.1) is 0 Å². The molecule has 0 atom stereocenters. The van der Waals surface area contributed by atoms with E-state index in [1.807, 2.05) is 39.7 Å². The minimum atomic E-state index is -0.530. The number of hydroxylamine groups is 1. The van der Waals surface area contributed by atoms with Crippen molar-refractivity contribution in [2.24, 2.45) is 0 Å². The van der Waals surface area contributed by atoms with E-state index in [2.05, 4.69) is 18.3 Å². The van der Waals surface area contributed by atoms with Gasteiger partial charge < -0.3 is 4.74 Å². The summed E-state index contributed by atoms with van der Waals surface area (Å²) in [7, 11) is 1.69. The fraction of sp³-hybridized carbons (Fsp3) is 0.240. The SMILES string of the molecule is COCCn1cc2c(n1)CCc1c(-c3ccccc3)nn(Cc3ccc(C(=O)NO)cc3)c1-2. The van der Waals surface area contributed by atoms with E-state index in [4.69, 9.17) is 20.1 Å². The summed E-state index contributed by atoms with van der Waals surface area (Å²) in [6.45, 7) is 1.86. The number of nitrogens with one attached hydrogen (secondary N) is 1. The van der Waals surface area contributed by atoms with Crippen LogP contribution in [0.4, 0.5) is 0 Å². The van der Waals surface area contributed by atoms with Gasteiger partial charge in [-0.2, -0.15) is 10.2 Å². The van der Waals surface area contributed by atoms with Gasteiger partial charge in [-0.05, 0) is 30.5 Å². The zero-order valence-corrected chi connectivity index (χ0v) is 18.4. The normalized spacial score (nSPS) is 12.3. The number of rotatable bonds is 7. The van der Waals surface area contributed by atoms with Crippen LogP contribution in [0.1, 0.15) is 27.2 Å². The number of hydrogen-bond donors (Lipinski definition) is 2. The van der Waals surface area contributed by atoms with Crippen molar-refractivity contribution in [3.05, 3.63) is 83.2 Å². The van der Waals surface area contributed by atoms with Crippen LogP contribution in [0.25, 0.3) is 22.5 Å². The van der Waals surface area contributed by atoms with Gasteiger partial charge in [0.1, 0.15) is 0 Å². The molecule has 33 heavy (non-hydrogen) atoms. The summed E-state index contributed by atoms with van der Waals surface area (Å²) in [5, 5.41) is 18.7. The van der Waals surface area contributed by atoms with Crippen molar-refractivity contribution < 1.29 is 14.7 Å². The Labute approximate surface area is 191 Å². The van der Waals surface area contributed by atoms with Crippen molar-refractivity contribution in [2.75, 3.05) is 13.7 Å². The van der Waals surface area contributed by atoms with Crippen LogP contribution >= 0.6 is 0 Å². The van der Waals surface area contributed by atoms with Crippen LogP contribution in [0.5, 0.6) is 0 Å². The van der Waals surface area contributed by atoms with Gasteiger partial charge in [0.25, 0.3) is 5.91 Å². The predicted octanol–water partition coefficient (Wildman–Crippen LogP) is 3.33. The van der Waals surface area contributed by atoms with Gasteiger partial charge in [0.05, 0.1) is 36.8 Å². The highest BCUT2D eigenvalue weighted by molar-refractivity contribution is 5.93. The molecule has 0 saturated heterocycles. The molecule has 0 spiro atoms. The number of benzene rings is 2. The molecule has 0 radical (unpaired) electrons. The Balaban J connectivity index is 1.57. The molecular weight excluding hydrogens is 418 g/mol. The molecule has 2 aromatic carbocycles. The average molecular weight is 444 g/mol. The Kier molecular flexibility index (Phi) is 5.77. The molecule has 0 saturated carbocycles. The molecule has 0 fully saturated rings. The number of aryl methyl sites for hydroxylation is 1. The lowest BCUT2D eigenvalue weighted by atomic mass is 9.92. The van der Waals surface area contributed by atoms with E-state index in [0.29, 0.717) is 25.3 Å². The number of ether oxygens (including phenoxy) is 1. The van der Waals surface area contributed by atoms with Gasteiger partial charge in [-0.25, -0.2) is 5.48 Å². The van der Waals surface area contributed by atoms with Gasteiger partial charge >= 0.3 is 0 Å². The summed E-state index contributed by atoms with van der Waals surface area (Å²) in [4.78, 5) is 11.7. The number of aromatic nitrogens is 4. The Morgan fingerprint density at radius 3 is 2.61 bits per heavy atom. The standard InChI is InChI=1S/C25H25N5O3/c1-33-14-13-29-16-21-22(26-29)12-11-20-23(18-5-3-2-4-6-18)27-30(24(20)21)15-17-7-9-19(10-8-17)25(31)28-32/h2-10,16,32H,11-15H2,1H3,(H,28,31). The maximum absolute atomic E-state index is 11.7. The van der Waals surface area contributed by atoms with E-state index in [0.717, 1.165) is 46.6 Å². The Morgan fingerprint density at radius 1 is 1.09 bits per heavy atom. The third kappa shape index (κ3) is 4.06. The van der Waals surface area contributed by atoms with E-state index >= 15 is 0 Å². The summed E-state index contributed by atoms with van der Waals surface area (Å²) in [5.41, 5.74) is 9.68. The second-order valence-electron chi connectivity index (χ2n) is 8.08. The molecule has 168 valence electrons. The molecule has 2 aromatic heterocycles. The topological polar surface area (TPSA) is 94.2 Å². The third-order valence-electron chi connectivity index (χ3n) is 5.98. The van der Waals surface area contributed by atoms with E-state index in [1.165, 1.54) is 5.56 Å². The first-order valence-corrected chi connectivity index (χ1v) is 10.9. The van der Waals surface area contributed by atoms with Gasteiger partial charge in [-0.3, -0.25) is 19.4 Å². The molecule has 0 aliphatic heterocycles. The quantitative estimate of drug-likeness (QED) is 0.338. The molecule has 0 bridgehead atoms. The summed E-state index contributed by atoms with van der Waals surface area (Å²) >= 11 is 0. The average Bonchev–Trinajstić information content (AvgIpc) is 3.44. The number of carbonyl (C=O) groups is 1. The number of fused-ring (bicyclic) bond motifs is 3. The summed E-state index contributed by atoms with van der Waals surface area (Å²) in [6, 6.07) is 17.4. The van der Waals surface area contributed by atoms with Crippen molar-refractivity contribution in [1.29, 1.82) is 0 Å². The van der Waals surface area contributed by atoms with Gasteiger partial charge in [0.15, 0.2) is 0 Å². The lowest BCUT2D eigenvalue weighted by Gasteiger charge is -2.14. The predicted molar refractivity (Wildman–Crippen MR) is 123 cm³/mol. The molecule has 8 nitrogen and oxygen atoms in total. The number of amides is 1. The molecule has 5 rings (SSSR count). The highest BCUT2D eigenvalue weighted by Crippen LogP contribution is 2.38. The van der Waals surface area contributed by atoms with E-state index in [-0.39, 0.29) is 0 Å². The Morgan fingerprint density at radius 2 is 1.88 bits per heavy atom. The summed E-state index contributed by atoms with van der Waals surface area (Å²) < 4.78 is 9.21. The number of hydrogen-bond acceptors (Lipinski definition) is 5. The van der Waals surface area contributed by atoms with E-state index in [1.54, 1.807) is 24.7 Å². The van der Waals surface area contributed by atoms with Crippen molar-refractivity contribution in [3.63, 3.8) is 0 Å². The Hall–Kier alpha value is -3.75. The monoisotopic (exact) mass is 443 g/mol. The number of carbonyl (C=O) groups excluding carboxylic acids is 1. The summed E-state index contributed by atoms with van der Waals surface area (Å²) in [6.07, 6.45) is 3.84. The second-order valence-corrected chi connectivity index (χ2v) is 8.08. The second kappa shape index (κ2) is 9.01. The van der Waals surface area contributed by atoms with E-state index in [9.17, 15) is 4.79 Å². The molecule has 1 amide bonds. The molecule has 2 N–H and O–H groups in total. The fourth-order valence-corrected chi connectivity index (χ4v) is 4.37. The minimum Gasteiger partial charge on any atom is -0.383 e. The highest BCUT2D eigenvalue weighted by atomic mass is 16.5. The van der Waals surface area contributed by atoms with Crippen LogP contribution in [0, 0.1) is 0 Å². The van der Waals surface area contributed by atoms with Crippen molar-refractivity contribution in [1.82, 2.24) is 25.0 Å². The van der Waals surface area contributed by atoms with Crippen LogP contribution in [-0.2, 0) is 30.7 Å². The zero-order valence-electron chi connectivity index (χ0n) is 18.4. The maximum atomic E-state index is 11.7. The van der Waals surface area contributed by atoms with Crippen LogP contribution in [0.15, 0.2) is 60.8 Å². The number of methoxy groups -OCH3 is 1. The van der Waals surface area contributed by atoms with Crippen LogP contribution in [0.2, 0.25) is 0 Å². The highest BCUT2D eigenvalue weighted by Gasteiger charge is 2.28. The molecule has 1 aliphatic carbocycles. The molecule has 4 aromatic rings. The molecule has 2 heterocycles. The molecular formula is C25H25N5O3. The zero-order chi connectivity index (χ0) is 22.8. The lowest BCUT2D eigenvalue weighted by Crippen LogP contribution is -2.18. The largest absolute Gasteiger partial charge is 0.383 e. The molecule has 1 aliphatic rings. The van der Waals surface area contributed by atoms with E-state index < -0.39 is 5.91 Å². The van der Waals surface area contributed by atoms with Crippen LogP contribution in [-0.4, -0.2) is 44.4 Å². The summed E-state index contributed by atoms with van der Waals surface area (Å²) in [5.74, 6) is -0.530. The Bertz CT molecular complexity index is 1280. The molecule has 0 unspecified atom stereocenters. The van der Waals surface area contributed by atoms with Crippen LogP contribution < -0.4 is 5.48 Å². The lowest BCUT2D eigenvalue weighted by molar-refractivity contribution is 0.0706. The minimum absolute atomic E-state index is 0.399. The van der Waals surface area contributed by atoms with Crippen molar-refractivity contribution in [2.45, 2.75) is 25.9 Å². The van der Waals surface area contributed by atoms with Gasteiger partial charge in [0, 0.05) is 35.6 Å². The smallest absolute Gasteiger partial charge is 0.274 e. The fourth-order valence-electron chi connectivity index (χ4n) is 4.37. The first-order valence-electron chi connectivity index (χ1n) is 10.9. The first kappa shape index (κ1) is 21.1.